The Balaban J connectivity index is 1.34. The van der Waals surface area contributed by atoms with Crippen LogP contribution in [0.1, 0.15) is 25.1 Å². The molecule has 2 fully saturated rings. The summed E-state index contributed by atoms with van der Waals surface area (Å²) < 4.78 is 31.0. The molecule has 2 amide bonds. The first-order chi connectivity index (χ1) is 14.3. The summed E-state index contributed by atoms with van der Waals surface area (Å²) in [4.78, 5) is 16.8. The van der Waals surface area contributed by atoms with Crippen molar-refractivity contribution >= 4 is 6.03 Å². The predicted octanol–water partition coefficient (Wildman–Crippen LogP) is 2.68. The molecule has 3 heterocycles. The van der Waals surface area contributed by atoms with Gasteiger partial charge in [-0.25, -0.2) is 9.18 Å². The summed E-state index contributed by atoms with van der Waals surface area (Å²) in [6.07, 6.45) is 0.906. The molecule has 4 atom stereocenters. The molecular weight excluding hydrogens is 389 g/mol. The molecule has 8 heteroatoms. The highest BCUT2D eigenvalue weighted by molar-refractivity contribution is 5.75. The van der Waals surface area contributed by atoms with Crippen LogP contribution >= 0.6 is 0 Å². The maximum absolute atomic E-state index is 13.2. The van der Waals surface area contributed by atoms with Gasteiger partial charge in [0.25, 0.3) is 0 Å². The van der Waals surface area contributed by atoms with Gasteiger partial charge in [-0.15, -0.1) is 0 Å². The zero-order valence-electron chi connectivity index (χ0n) is 17.2. The summed E-state index contributed by atoms with van der Waals surface area (Å²) >= 11 is 0. The fourth-order valence-electron chi connectivity index (χ4n) is 3.87. The van der Waals surface area contributed by atoms with Crippen molar-refractivity contribution in [1.82, 2.24) is 15.6 Å². The van der Waals surface area contributed by atoms with Gasteiger partial charge in [0.1, 0.15) is 23.8 Å². The minimum absolute atomic E-state index is 0.261. The molecular formula is C22H26FN3O4. The van der Waals surface area contributed by atoms with Gasteiger partial charge in [-0.2, -0.15) is 0 Å². The number of aryl methyl sites for hydroxylation is 1. The van der Waals surface area contributed by atoms with Crippen LogP contribution in [0, 0.1) is 12.7 Å². The highest BCUT2D eigenvalue weighted by Gasteiger charge is 2.49. The number of rotatable bonds is 5. The average molecular weight is 415 g/mol. The van der Waals surface area contributed by atoms with Crippen LogP contribution in [0.25, 0.3) is 0 Å². The molecule has 2 N–H and O–H groups in total. The molecule has 1 aromatic heterocycles. The first kappa shape index (κ1) is 20.6. The minimum Gasteiger partial charge on any atom is -0.483 e. The molecule has 30 heavy (non-hydrogen) atoms. The summed E-state index contributed by atoms with van der Waals surface area (Å²) in [7, 11) is 0. The number of nitrogens with zero attached hydrogens (tertiary/aromatic N) is 1. The Kier molecular flexibility index (Phi) is 5.62. The van der Waals surface area contributed by atoms with E-state index in [9.17, 15) is 9.18 Å². The van der Waals surface area contributed by atoms with Crippen LogP contribution < -0.4 is 15.4 Å². The van der Waals surface area contributed by atoms with Crippen molar-refractivity contribution < 1.29 is 23.4 Å². The van der Waals surface area contributed by atoms with E-state index in [4.69, 9.17) is 14.2 Å². The van der Waals surface area contributed by atoms with Crippen molar-refractivity contribution in [3.8, 4) is 5.75 Å². The first-order valence-corrected chi connectivity index (χ1v) is 10.00. The minimum atomic E-state index is -0.670. The quantitative estimate of drug-likeness (QED) is 0.785. The van der Waals surface area contributed by atoms with Crippen LogP contribution in [0.5, 0.6) is 5.75 Å². The van der Waals surface area contributed by atoms with Gasteiger partial charge >= 0.3 is 6.03 Å². The monoisotopic (exact) mass is 415 g/mol. The summed E-state index contributed by atoms with van der Waals surface area (Å²) in [5.41, 5.74) is 0.935. The third kappa shape index (κ3) is 4.24. The highest BCUT2D eigenvalue weighted by Crippen LogP contribution is 2.30. The van der Waals surface area contributed by atoms with Gasteiger partial charge in [0.05, 0.1) is 30.5 Å². The van der Waals surface area contributed by atoms with Crippen LogP contribution in [0.15, 0.2) is 42.6 Å². The largest absolute Gasteiger partial charge is 0.483 e. The van der Waals surface area contributed by atoms with Gasteiger partial charge in [-0.1, -0.05) is 12.1 Å². The van der Waals surface area contributed by atoms with Crippen LogP contribution in [0.3, 0.4) is 0 Å². The zero-order chi connectivity index (χ0) is 21.3. The predicted molar refractivity (Wildman–Crippen MR) is 108 cm³/mol. The average Bonchev–Trinajstić information content (AvgIpc) is 3.27. The molecule has 4 rings (SSSR count). The maximum atomic E-state index is 13.2. The van der Waals surface area contributed by atoms with Crippen molar-refractivity contribution in [1.29, 1.82) is 0 Å². The fourth-order valence-corrected chi connectivity index (χ4v) is 3.87. The van der Waals surface area contributed by atoms with Crippen LogP contribution in [-0.4, -0.2) is 48.6 Å². The molecule has 2 saturated heterocycles. The Morgan fingerprint density at radius 3 is 2.63 bits per heavy atom. The van der Waals surface area contributed by atoms with Crippen molar-refractivity contribution in [2.75, 3.05) is 13.2 Å². The number of amides is 2. The van der Waals surface area contributed by atoms with Crippen molar-refractivity contribution in [2.24, 2.45) is 0 Å². The van der Waals surface area contributed by atoms with E-state index in [0.717, 1.165) is 11.3 Å². The number of benzene rings is 1. The molecule has 0 aliphatic carbocycles. The molecule has 0 bridgehead atoms. The van der Waals surface area contributed by atoms with E-state index < -0.39 is 5.54 Å². The van der Waals surface area contributed by atoms with Crippen molar-refractivity contribution in [3.63, 3.8) is 0 Å². The second kappa shape index (κ2) is 8.20. The van der Waals surface area contributed by atoms with Crippen LogP contribution in [-0.2, 0) is 15.0 Å². The second-order valence-corrected chi connectivity index (χ2v) is 8.18. The third-order valence-corrected chi connectivity index (χ3v) is 5.55. The molecule has 7 nitrogen and oxygen atoms in total. The lowest BCUT2D eigenvalue weighted by Gasteiger charge is -2.28. The number of halogens is 1. The van der Waals surface area contributed by atoms with Crippen LogP contribution in [0.2, 0.25) is 0 Å². The molecule has 0 radical (unpaired) electrons. The fraction of sp³-hybridized carbons (Fsp3) is 0.455. The number of nitrogens with one attached hydrogen (secondary N) is 2. The molecule has 0 saturated carbocycles. The van der Waals surface area contributed by atoms with E-state index >= 15 is 0 Å². The highest BCUT2D eigenvalue weighted by atomic mass is 19.1. The molecule has 2 aliphatic rings. The van der Waals surface area contributed by atoms with E-state index in [1.54, 1.807) is 18.3 Å². The number of carbonyl (C=O) groups is 1. The smallest absolute Gasteiger partial charge is 0.315 e. The molecule has 160 valence electrons. The number of ether oxygens (including phenoxy) is 3. The Labute approximate surface area is 174 Å². The van der Waals surface area contributed by atoms with Gasteiger partial charge in [0, 0.05) is 6.20 Å². The van der Waals surface area contributed by atoms with E-state index in [0.29, 0.717) is 19.0 Å². The SMILES string of the molecule is Cc1ncccc1O[C@H]1CO[C@H]2[C@@H]1OC[C@@H]2NC(=O)NC(C)(C)c1ccc(F)cc1. The van der Waals surface area contributed by atoms with Gasteiger partial charge in [0.15, 0.2) is 6.10 Å². The Bertz CT molecular complexity index is 906. The summed E-state index contributed by atoms with van der Waals surface area (Å²) in [6, 6.07) is 9.14. The Hall–Kier alpha value is -2.71. The summed E-state index contributed by atoms with van der Waals surface area (Å²) in [5.74, 6) is 0.385. The molecule has 0 spiro atoms. The number of urea groups is 1. The number of pyridine rings is 1. The van der Waals surface area contributed by atoms with E-state index in [1.807, 2.05) is 32.9 Å². The van der Waals surface area contributed by atoms with Gasteiger partial charge in [-0.05, 0) is 50.6 Å². The topological polar surface area (TPSA) is 81.7 Å². The van der Waals surface area contributed by atoms with Gasteiger partial charge in [-0.3, -0.25) is 4.98 Å². The lowest BCUT2D eigenvalue weighted by atomic mass is 9.94. The van der Waals surface area contributed by atoms with E-state index in [-0.39, 0.29) is 36.2 Å². The number of fused-ring (bicyclic) bond motifs is 1. The number of hydrogen-bond donors (Lipinski definition) is 2. The summed E-state index contributed by atoms with van der Waals surface area (Å²) in [6.45, 7) is 6.33. The lowest BCUT2D eigenvalue weighted by Crippen LogP contribution is -2.52. The second-order valence-electron chi connectivity index (χ2n) is 8.18. The van der Waals surface area contributed by atoms with Crippen molar-refractivity contribution in [3.05, 3.63) is 59.7 Å². The Morgan fingerprint density at radius 1 is 1.17 bits per heavy atom. The number of hydrogen-bond acceptors (Lipinski definition) is 5. The number of carbonyl (C=O) groups excluding carboxylic acids is 1. The molecule has 1 aromatic carbocycles. The zero-order valence-corrected chi connectivity index (χ0v) is 17.2. The van der Waals surface area contributed by atoms with Gasteiger partial charge in [0.2, 0.25) is 0 Å². The normalized spacial score (nSPS) is 25.6. The summed E-state index contributed by atoms with van der Waals surface area (Å²) in [5, 5.41) is 5.88. The van der Waals surface area contributed by atoms with E-state index in [1.165, 1.54) is 12.1 Å². The van der Waals surface area contributed by atoms with E-state index in [2.05, 4.69) is 15.6 Å². The molecule has 2 aromatic rings. The van der Waals surface area contributed by atoms with Gasteiger partial charge < -0.3 is 24.8 Å². The Morgan fingerprint density at radius 2 is 1.90 bits per heavy atom. The first-order valence-electron chi connectivity index (χ1n) is 10.00. The molecule has 0 unspecified atom stereocenters. The maximum Gasteiger partial charge on any atom is 0.315 e. The molecule has 2 aliphatic heterocycles. The van der Waals surface area contributed by atoms with Crippen molar-refractivity contribution in [2.45, 2.75) is 50.7 Å². The standard InChI is InChI=1S/C22H26FN3O4/c1-13-17(5-4-10-24-13)30-18-12-29-19-16(11-28-20(18)19)25-21(27)26-22(2,3)14-6-8-15(23)9-7-14/h4-10,16,18-20H,11-12H2,1-3H3,(H2,25,26,27)/t16-,18-,19+,20+/m0/s1. The lowest BCUT2D eigenvalue weighted by molar-refractivity contribution is 0.0299. The number of aromatic nitrogens is 1. The van der Waals surface area contributed by atoms with Crippen LogP contribution in [0.4, 0.5) is 9.18 Å². The third-order valence-electron chi connectivity index (χ3n) is 5.55.